The molecule has 0 aliphatic carbocycles. The van der Waals surface area contributed by atoms with Crippen LogP contribution in [0, 0.1) is 0 Å². The number of fused-ring (bicyclic) bond motifs is 1. The first-order valence-electron chi connectivity index (χ1n) is 6.83. The zero-order valence-corrected chi connectivity index (χ0v) is 12.3. The van der Waals surface area contributed by atoms with Crippen molar-refractivity contribution < 1.29 is 9.53 Å². The lowest BCUT2D eigenvalue weighted by Gasteiger charge is -2.02. The Morgan fingerprint density at radius 1 is 1.05 bits per heavy atom. The molecular formula is C18H11NO2S. The van der Waals surface area contributed by atoms with E-state index in [9.17, 15) is 4.79 Å². The van der Waals surface area contributed by atoms with Gasteiger partial charge in [0.25, 0.3) is 0 Å². The number of cyclic esters (lactones) is 1. The smallest absolute Gasteiger partial charge is 0.363 e. The molecule has 1 aromatic heterocycles. The fourth-order valence-corrected chi connectivity index (χ4v) is 2.99. The highest BCUT2D eigenvalue weighted by Gasteiger charge is 2.24. The fourth-order valence-electron chi connectivity index (χ4n) is 2.37. The number of esters is 1. The van der Waals surface area contributed by atoms with E-state index >= 15 is 0 Å². The Balaban J connectivity index is 1.74. The standard InChI is InChI=1S/C18H11NO2S/c20-18-16(9-12-7-8-22-11-12)19-17(21-18)15-6-5-13-3-1-2-4-14(13)10-15/h1-11H/b16-9-. The van der Waals surface area contributed by atoms with Crippen LogP contribution < -0.4 is 0 Å². The number of nitrogens with zero attached hydrogens (tertiary/aromatic N) is 1. The average Bonchev–Trinajstić information content (AvgIpc) is 3.18. The fraction of sp³-hybridized carbons (Fsp3) is 0. The number of hydrogen-bond acceptors (Lipinski definition) is 4. The molecule has 1 aliphatic rings. The van der Waals surface area contributed by atoms with E-state index in [0.29, 0.717) is 11.6 Å². The summed E-state index contributed by atoms with van der Waals surface area (Å²) in [5, 5.41) is 6.16. The summed E-state index contributed by atoms with van der Waals surface area (Å²) in [4.78, 5) is 16.3. The number of ether oxygens (including phenoxy) is 1. The van der Waals surface area contributed by atoms with Gasteiger partial charge in [-0.15, -0.1) is 0 Å². The Labute approximate surface area is 131 Å². The maximum absolute atomic E-state index is 11.9. The van der Waals surface area contributed by atoms with Crippen LogP contribution in [0.4, 0.5) is 0 Å². The summed E-state index contributed by atoms with van der Waals surface area (Å²) in [6.45, 7) is 0. The third-order valence-corrected chi connectivity index (χ3v) is 4.16. The van der Waals surface area contributed by atoms with Crippen molar-refractivity contribution in [2.45, 2.75) is 0 Å². The minimum absolute atomic E-state index is 0.335. The second-order valence-electron chi connectivity index (χ2n) is 4.95. The molecule has 0 saturated carbocycles. The minimum Gasteiger partial charge on any atom is -0.402 e. The number of thiophene rings is 1. The maximum Gasteiger partial charge on any atom is 0.363 e. The van der Waals surface area contributed by atoms with Gasteiger partial charge < -0.3 is 4.74 Å². The molecule has 0 amide bonds. The third-order valence-electron chi connectivity index (χ3n) is 3.46. The van der Waals surface area contributed by atoms with E-state index in [1.54, 1.807) is 17.4 Å². The lowest BCUT2D eigenvalue weighted by Crippen LogP contribution is -2.05. The van der Waals surface area contributed by atoms with Gasteiger partial charge in [0.05, 0.1) is 0 Å². The predicted octanol–water partition coefficient (Wildman–Crippen LogP) is 4.25. The van der Waals surface area contributed by atoms with E-state index in [1.807, 2.05) is 59.3 Å². The highest BCUT2D eigenvalue weighted by molar-refractivity contribution is 7.08. The lowest BCUT2D eigenvalue weighted by molar-refractivity contribution is -0.129. The van der Waals surface area contributed by atoms with Crippen molar-refractivity contribution in [1.29, 1.82) is 0 Å². The van der Waals surface area contributed by atoms with Crippen molar-refractivity contribution in [3.63, 3.8) is 0 Å². The van der Waals surface area contributed by atoms with E-state index in [2.05, 4.69) is 4.99 Å². The molecule has 4 rings (SSSR count). The summed E-state index contributed by atoms with van der Waals surface area (Å²) >= 11 is 1.58. The molecule has 2 aromatic carbocycles. The molecule has 106 valence electrons. The zero-order valence-electron chi connectivity index (χ0n) is 11.5. The molecule has 1 aliphatic heterocycles. The van der Waals surface area contributed by atoms with Crippen LogP contribution in [0.5, 0.6) is 0 Å². The number of benzene rings is 2. The molecule has 0 bridgehead atoms. The van der Waals surface area contributed by atoms with Crippen molar-refractivity contribution >= 4 is 40.1 Å². The van der Waals surface area contributed by atoms with Crippen molar-refractivity contribution in [2.75, 3.05) is 0 Å². The van der Waals surface area contributed by atoms with Gasteiger partial charge in [-0.1, -0.05) is 30.3 Å². The van der Waals surface area contributed by atoms with Crippen LogP contribution in [0.25, 0.3) is 16.8 Å². The van der Waals surface area contributed by atoms with Gasteiger partial charge in [0.15, 0.2) is 5.70 Å². The molecule has 0 N–H and O–H groups in total. The summed E-state index contributed by atoms with van der Waals surface area (Å²) < 4.78 is 5.30. The summed E-state index contributed by atoms with van der Waals surface area (Å²) in [7, 11) is 0. The second-order valence-corrected chi connectivity index (χ2v) is 5.73. The molecule has 0 saturated heterocycles. The van der Waals surface area contributed by atoms with E-state index in [4.69, 9.17) is 4.74 Å². The summed E-state index contributed by atoms with van der Waals surface area (Å²) in [6.07, 6.45) is 1.74. The highest BCUT2D eigenvalue weighted by Crippen LogP contribution is 2.22. The van der Waals surface area contributed by atoms with Crippen LogP contribution in [0.2, 0.25) is 0 Å². The molecular weight excluding hydrogens is 294 g/mol. The molecule has 2 heterocycles. The van der Waals surface area contributed by atoms with Gasteiger partial charge in [0, 0.05) is 5.56 Å². The summed E-state index contributed by atoms with van der Waals surface area (Å²) in [5.74, 6) is -0.0495. The first kappa shape index (κ1) is 13.0. The molecule has 0 unspecified atom stereocenters. The Hall–Kier alpha value is -2.72. The molecule has 3 aromatic rings. The summed E-state index contributed by atoms with van der Waals surface area (Å²) in [6, 6.07) is 15.9. The van der Waals surface area contributed by atoms with E-state index in [0.717, 1.165) is 21.9 Å². The molecule has 22 heavy (non-hydrogen) atoms. The Morgan fingerprint density at radius 3 is 2.73 bits per heavy atom. The summed E-state index contributed by atoms with van der Waals surface area (Å²) in [5.41, 5.74) is 2.10. The van der Waals surface area contributed by atoms with E-state index in [-0.39, 0.29) is 0 Å². The topological polar surface area (TPSA) is 38.7 Å². The van der Waals surface area contributed by atoms with Gasteiger partial charge in [-0.05, 0) is 51.4 Å². The molecule has 0 spiro atoms. The van der Waals surface area contributed by atoms with E-state index < -0.39 is 5.97 Å². The van der Waals surface area contributed by atoms with Crippen LogP contribution in [0.3, 0.4) is 0 Å². The van der Waals surface area contributed by atoms with Crippen LogP contribution in [0.1, 0.15) is 11.1 Å². The van der Waals surface area contributed by atoms with Crippen LogP contribution in [0.15, 0.2) is 70.0 Å². The van der Waals surface area contributed by atoms with Crippen molar-refractivity contribution in [3.05, 3.63) is 76.1 Å². The zero-order chi connectivity index (χ0) is 14.9. The third kappa shape index (κ3) is 2.34. The molecule has 4 heteroatoms. The molecule has 0 radical (unpaired) electrons. The van der Waals surface area contributed by atoms with Gasteiger partial charge in [0.1, 0.15) is 0 Å². The number of rotatable bonds is 2. The highest BCUT2D eigenvalue weighted by atomic mass is 32.1. The Bertz CT molecular complexity index is 923. The first-order valence-corrected chi connectivity index (χ1v) is 7.78. The maximum atomic E-state index is 11.9. The van der Waals surface area contributed by atoms with Gasteiger partial charge in [0.2, 0.25) is 5.90 Å². The van der Waals surface area contributed by atoms with Crippen molar-refractivity contribution in [1.82, 2.24) is 0 Å². The van der Waals surface area contributed by atoms with Crippen molar-refractivity contribution in [3.8, 4) is 0 Å². The Morgan fingerprint density at radius 2 is 1.91 bits per heavy atom. The monoisotopic (exact) mass is 305 g/mol. The van der Waals surface area contributed by atoms with E-state index in [1.165, 1.54) is 0 Å². The van der Waals surface area contributed by atoms with Gasteiger partial charge >= 0.3 is 5.97 Å². The SMILES string of the molecule is O=C1OC(c2ccc3ccccc3c2)=N/C1=C\c1ccsc1. The van der Waals surface area contributed by atoms with Crippen LogP contribution in [-0.2, 0) is 9.53 Å². The lowest BCUT2D eigenvalue weighted by atomic mass is 10.1. The van der Waals surface area contributed by atoms with Crippen molar-refractivity contribution in [2.24, 2.45) is 4.99 Å². The predicted molar refractivity (Wildman–Crippen MR) is 88.9 cm³/mol. The Kier molecular flexibility index (Phi) is 3.09. The molecule has 0 atom stereocenters. The first-order chi connectivity index (χ1) is 10.8. The quantitative estimate of drug-likeness (QED) is 0.524. The minimum atomic E-state index is -0.408. The second kappa shape index (κ2) is 5.24. The molecule has 3 nitrogen and oxygen atoms in total. The van der Waals surface area contributed by atoms with Gasteiger partial charge in [-0.2, -0.15) is 11.3 Å². The molecule has 0 fully saturated rings. The largest absolute Gasteiger partial charge is 0.402 e. The number of hydrogen-bond donors (Lipinski definition) is 0. The normalized spacial score (nSPS) is 16.1. The van der Waals surface area contributed by atoms with Gasteiger partial charge in [-0.25, -0.2) is 9.79 Å². The average molecular weight is 305 g/mol. The van der Waals surface area contributed by atoms with Crippen LogP contribution in [-0.4, -0.2) is 11.9 Å². The number of carbonyl (C=O) groups excluding carboxylic acids is 1. The number of carbonyl (C=O) groups is 1. The van der Waals surface area contributed by atoms with Gasteiger partial charge in [-0.3, -0.25) is 0 Å². The number of aliphatic imine (C=N–C) groups is 1. The van der Waals surface area contributed by atoms with Crippen LogP contribution >= 0.6 is 11.3 Å².